The van der Waals surface area contributed by atoms with Crippen molar-refractivity contribution < 1.29 is 4.79 Å². The Balaban J connectivity index is 2.44. The molecule has 0 bridgehead atoms. The number of hydrogen-bond donors (Lipinski definition) is 1. The number of thiocarbonyl (C=S) groups is 1. The van der Waals surface area contributed by atoms with Gasteiger partial charge in [-0.15, -0.1) is 0 Å². The molecule has 15 heavy (non-hydrogen) atoms. The molecular weight excluding hydrogens is 276 g/mol. The lowest BCUT2D eigenvalue weighted by Crippen LogP contribution is -2.30. The van der Waals surface area contributed by atoms with Gasteiger partial charge >= 0.3 is 0 Å². The quantitative estimate of drug-likeness (QED) is 0.802. The highest BCUT2D eigenvalue weighted by molar-refractivity contribution is 9.10. The third-order valence-corrected chi connectivity index (χ3v) is 3.20. The van der Waals surface area contributed by atoms with Gasteiger partial charge < -0.3 is 5.32 Å². The zero-order valence-electron chi connectivity index (χ0n) is 8.03. The molecule has 0 aromatic heterocycles. The molecule has 0 spiro atoms. The Hall–Kier alpha value is -0.940. The number of nitrogens with zero attached hydrogens (tertiary/aromatic N) is 1. The van der Waals surface area contributed by atoms with Crippen LogP contribution in [0, 0.1) is 0 Å². The first kappa shape index (κ1) is 10.6. The second kappa shape index (κ2) is 3.90. The highest BCUT2D eigenvalue weighted by Gasteiger charge is 2.33. The number of benzene rings is 1. The summed E-state index contributed by atoms with van der Waals surface area (Å²) in [5.74, 6) is -0.0214. The average Bonchev–Trinajstić information content (AvgIpc) is 2.43. The molecule has 0 aliphatic carbocycles. The second-order valence-electron chi connectivity index (χ2n) is 3.30. The molecule has 1 heterocycles. The van der Waals surface area contributed by atoms with Crippen LogP contribution in [0.15, 0.2) is 28.7 Å². The minimum absolute atomic E-state index is 0.0214. The molecule has 1 N–H and O–H groups in total. The Labute approximate surface area is 102 Å². The molecule has 1 atom stereocenters. The van der Waals surface area contributed by atoms with Crippen molar-refractivity contribution in [1.82, 2.24) is 5.32 Å². The van der Waals surface area contributed by atoms with Crippen molar-refractivity contribution in [3.63, 3.8) is 0 Å². The maximum atomic E-state index is 11.8. The smallest absolute Gasteiger partial charge is 0.255 e. The molecule has 1 aromatic carbocycles. The Morgan fingerprint density at radius 2 is 2.13 bits per heavy atom. The van der Waals surface area contributed by atoms with Gasteiger partial charge in [-0.05, 0) is 47.2 Å². The predicted octanol–water partition coefficient (Wildman–Crippen LogP) is 2.06. The van der Waals surface area contributed by atoms with E-state index in [4.69, 9.17) is 12.2 Å². The van der Waals surface area contributed by atoms with Gasteiger partial charge in [0.25, 0.3) is 5.91 Å². The van der Waals surface area contributed by atoms with Crippen LogP contribution in [0.4, 0.5) is 5.69 Å². The van der Waals surface area contributed by atoms with Gasteiger partial charge in [-0.25, -0.2) is 0 Å². The van der Waals surface area contributed by atoms with Crippen molar-refractivity contribution in [1.29, 1.82) is 0 Å². The van der Waals surface area contributed by atoms with Gasteiger partial charge in [0.2, 0.25) is 0 Å². The number of amides is 1. The molecule has 1 aliphatic heterocycles. The summed E-state index contributed by atoms with van der Waals surface area (Å²) >= 11 is 8.51. The Bertz CT molecular complexity index is 435. The Kier molecular flexibility index (Phi) is 2.75. The van der Waals surface area contributed by atoms with Crippen molar-refractivity contribution >= 4 is 44.9 Å². The molecule has 5 heteroatoms. The monoisotopic (exact) mass is 284 g/mol. The van der Waals surface area contributed by atoms with Gasteiger partial charge in [0.1, 0.15) is 6.04 Å². The van der Waals surface area contributed by atoms with E-state index in [0.717, 1.165) is 10.2 Å². The molecule has 0 saturated carbocycles. The van der Waals surface area contributed by atoms with Crippen LogP contribution >= 0.6 is 28.1 Å². The van der Waals surface area contributed by atoms with Gasteiger partial charge in [0.05, 0.1) is 5.69 Å². The van der Waals surface area contributed by atoms with E-state index in [2.05, 4.69) is 21.2 Å². The number of hydrogen-bond acceptors (Lipinski definition) is 2. The SMILES string of the molecule is C[C@H]1NC(=S)N(c2ccccc2Br)C1=O. The summed E-state index contributed by atoms with van der Waals surface area (Å²) < 4.78 is 0.858. The summed E-state index contributed by atoms with van der Waals surface area (Å²) in [5, 5.41) is 3.39. The van der Waals surface area contributed by atoms with Crippen molar-refractivity contribution in [3.05, 3.63) is 28.7 Å². The molecule has 0 unspecified atom stereocenters. The van der Waals surface area contributed by atoms with E-state index < -0.39 is 0 Å². The molecule has 1 amide bonds. The van der Waals surface area contributed by atoms with Crippen LogP contribution in [-0.2, 0) is 4.79 Å². The highest BCUT2D eigenvalue weighted by atomic mass is 79.9. The lowest BCUT2D eigenvalue weighted by atomic mass is 10.3. The molecule has 1 aromatic rings. The molecular formula is C10H9BrN2OS. The lowest BCUT2D eigenvalue weighted by Gasteiger charge is -2.16. The van der Waals surface area contributed by atoms with Crippen LogP contribution in [0.5, 0.6) is 0 Å². The maximum absolute atomic E-state index is 11.8. The number of anilines is 1. The summed E-state index contributed by atoms with van der Waals surface area (Å²) in [4.78, 5) is 13.3. The first-order chi connectivity index (χ1) is 7.11. The van der Waals surface area contributed by atoms with E-state index >= 15 is 0 Å². The third-order valence-electron chi connectivity index (χ3n) is 2.23. The molecule has 1 fully saturated rings. The topological polar surface area (TPSA) is 32.3 Å². The second-order valence-corrected chi connectivity index (χ2v) is 4.54. The molecule has 78 valence electrons. The number of halogens is 1. The molecule has 1 aliphatic rings. The van der Waals surface area contributed by atoms with Crippen molar-refractivity contribution in [2.24, 2.45) is 0 Å². The zero-order chi connectivity index (χ0) is 11.0. The van der Waals surface area contributed by atoms with Crippen LogP contribution in [0.2, 0.25) is 0 Å². The predicted molar refractivity (Wildman–Crippen MR) is 66.8 cm³/mol. The van der Waals surface area contributed by atoms with E-state index in [9.17, 15) is 4.79 Å². The number of nitrogens with one attached hydrogen (secondary N) is 1. The third kappa shape index (κ3) is 1.77. The van der Waals surface area contributed by atoms with Crippen molar-refractivity contribution in [3.8, 4) is 0 Å². The fourth-order valence-corrected chi connectivity index (χ4v) is 2.29. The number of carbonyl (C=O) groups excluding carboxylic acids is 1. The first-order valence-corrected chi connectivity index (χ1v) is 5.70. The van der Waals surface area contributed by atoms with Crippen LogP contribution in [-0.4, -0.2) is 17.1 Å². The fraction of sp³-hybridized carbons (Fsp3) is 0.200. The molecule has 2 rings (SSSR count). The standard InChI is InChI=1S/C10H9BrN2OS/c1-6-9(14)13(10(15)12-6)8-5-3-2-4-7(8)11/h2-6H,1H3,(H,12,15)/t6-/m1/s1. The van der Waals surface area contributed by atoms with Gasteiger partial charge in [0, 0.05) is 4.47 Å². The van der Waals surface area contributed by atoms with E-state index in [1.165, 1.54) is 4.90 Å². The molecule has 0 radical (unpaired) electrons. The fourth-order valence-electron chi connectivity index (χ4n) is 1.47. The Morgan fingerprint density at radius 1 is 1.47 bits per heavy atom. The number of carbonyl (C=O) groups is 1. The van der Waals surface area contributed by atoms with Gasteiger partial charge in [-0.2, -0.15) is 0 Å². The van der Waals surface area contributed by atoms with Crippen LogP contribution in [0.1, 0.15) is 6.92 Å². The van der Waals surface area contributed by atoms with E-state index in [0.29, 0.717) is 5.11 Å². The summed E-state index contributed by atoms with van der Waals surface area (Å²) in [6, 6.07) is 7.26. The maximum Gasteiger partial charge on any atom is 0.255 e. The average molecular weight is 285 g/mol. The molecule has 1 saturated heterocycles. The minimum atomic E-state index is -0.246. The number of para-hydroxylation sites is 1. The first-order valence-electron chi connectivity index (χ1n) is 4.50. The van der Waals surface area contributed by atoms with Crippen molar-refractivity contribution in [2.45, 2.75) is 13.0 Å². The minimum Gasteiger partial charge on any atom is -0.350 e. The zero-order valence-corrected chi connectivity index (χ0v) is 10.4. The van der Waals surface area contributed by atoms with Crippen LogP contribution in [0.3, 0.4) is 0 Å². The van der Waals surface area contributed by atoms with Gasteiger partial charge in [-0.3, -0.25) is 9.69 Å². The largest absolute Gasteiger partial charge is 0.350 e. The summed E-state index contributed by atoms with van der Waals surface area (Å²) in [6.45, 7) is 1.80. The van der Waals surface area contributed by atoms with Gasteiger partial charge in [-0.1, -0.05) is 12.1 Å². The summed E-state index contributed by atoms with van der Waals surface area (Å²) in [6.07, 6.45) is 0. The van der Waals surface area contributed by atoms with Crippen LogP contribution in [0.25, 0.3) is 0 Å². The highest BCUT2D eigenvalue weighted by Crippen LogP contribution is 2.28. The normalized spacial score (nSPS) is 20.7. The van der Waals surface area contributed by atoms with Gasteiger partial charge in [0.15, 0.2) is 5.11 Å². The molecule has 3 nitrogen and oxygen atoms in total. The summed E-state index contributed by atoms with van der Waals surface area (Å²) in [7, 11) is 0. The van der Waals surface area contributed by atoms with Crippen LogP contribution < -0.4 is 10.2 Å². The van der Waals surface area contributed by atoms with Crippen molar-refractivity contribution in [2.75, 3.05) is 4.90 Å². The lowest BCUT2D eigenvalue weighted by molar-refractivity contribution is -0.117. The van der Waals surface area contributed by atoms with E-state index in [-0.39, 0.29) is 11.9 Å². The van der Waals surface area contributed by atoms with E-state index in [1.54, 1.807) is 6.92 Å². The summed E-state index contributed by atoms with van der Waals surface area (Å²) in [5.41, 5.74) is 0.782. The number of rotatable bonds is 1. The Morgan fingerprint density at radius 3 is 2.67 bits per heavy atom. The van der Waals surface area contributed by atoms with E-state index in [1.807, 2.05) is 24.3 Å².